The first-order chi connectivity index (χ1) is 14.2. The molecule has 0 spiro atoms. The summed E-state index contributed by atoms with van der Waals surface area (Å²) in [7, 11) is 0. The first kappa shape index (κ1) is 20.3. The van der Waals surface area contributed by atoms with Crippen molar-refractivity contribution in [3.63, 3.8) is 0 Å². The highest BCUT2D eigenvalue weighted by Gasteiger charge is 2.17. The minimum Gasteiger partial charge on any atom is -0.321 e. The first-order valence-electron chi connectivity index (χ1n) is 10.1. The number of amides is 1. The van der Waals surface area contributed by atoms with Gasteiger partial charge in [-0.2, -0.15) is 5.10 Å². The number of nitrogens with one attached hydrogen (secondary N) is 1. The fourth-order valence-corrected chi connectivity index (χ4v) is 4.75. The summed E-state index contributed by atoms with van der Waals surface area (Å²) in [6.07, 6.45) is 0. The van der Waals surface area contributed by atoms with Crippen molar-refractivity contribution in [1.29, 1.82) is 0 Å². The van der Waals surface area contributed by atoms with Crippen LogP contribution in [0.3, 0.4) is 0 Å². The summed E-state index contributed by atoms with van der Waals surface area (Å²) >= 11 is 1.59. The zero-order chi connectivity index (χ0) is 21.6. The van der Waals surface area contributed by atoms with Gasteiger partial charge in [0.05, 0.1) is 15.9 Å². The summed E-state index contributed by atoms with van der Waals surface area (Å²) in [5, 5.41) is 8.51. The average Bonchev–Trinajstić information content (AvgIpc) is 3.27. The first-order valence-corrected chi connectivity index (χ1v) is 10.9. The molecule has 0 radical (unpaired) electrons. The van der Waals surface area contributed by atoms with Crippen LogP contribution < -0.4 is 5.32 Å². The number of rotatable bonds is 4. The van der Waals surface area contributed by atoms with Gasteiger partial charge in [-0.25, -0.2) is 9.67 Å². The SMILES string of the molecule is Cc1cc(C)n(-c2nc3cc(C)c(NC(=O)c4ccc(C(C)C)cc4)c(C)c3s2)n1. The maximum absolute atomic E-state index is 12.9. The molecule has 30 heavy (non-hydrogen) atoms. The molecule has 0 atom stereocenters. The van der Waals surface area contributed by atoms with Gasteiger partial charge in [0.15, 0.2) is 0 Å². The topological polar surface area (TPSA) is 59.8 Å². The Balaban J connectivity index is 1.69. The minimum absolute atomic E-state index is 0.0980. The van der Waals surface area contributed by atoms with Crippen molar-refractivity contribution in [3.05, 3.63) is 70.0 Å². The van der Waals surface area contributed by atoms with Gasteiger partial charge in [-0.3, -0.25) is 4.79 Å². The Morgan fingerprint density at radius 3 is 2.37 bits per heavy atom. The third-order valence-electron chi connectivity index (χ3n) is 5.37. The molecule has 2 heterocycles. The summed E-state index contributed by atoms with van der Waals surface area (Å²) in [6.45, 7) is 12.3. The number of carbonyl (C=O) groups is 1. The summed E-state index contributed by atoms with van der Waals surface area (Å²) in [5.41, 5.74) is 7.71. The van der Waals surface area contributed by atoms with Crippen molar-refractivity contribution in [2.45, 2.75) is 47.5 Å². The van der Waals surface area contributed by atoms with Gasteiger partial charge < -0.3 is 5.32 Å². The third-order valence-corrected chi connectivity index (χ3v) is 6.54. The lowest BCUT2D eigenvalue weighted by molar-refractivity contribution is 0.102. The van der Waals surface area contributed by atoms with Gasteiger partial charge in [0.25, 0.3) is 5.91 Å². The Morgan fingerprint density at radius 2 is 1.77 bits per heavy atom. The third kappa shape index (κ3) is 3.63. The number of hydrogen-bond donors (Lipinski definition) is 1. The molecule has 0 aliphatic heterocycles. The van der Waals surface area contributed by atoms with E-state index < -0.39 is 0 Å². The Hall–Kier alpha value is -2.99. The molecule has 0 aliphatic rings. The summed E-state index contributed by atoms with van der Waals surface area (Å²) in [6, 6.07) is 11.9. The van der Waals surface area contributed by atoms with Crippen LogP contribution in [0.2, 0.25) is 0 Å². The van der Waals surface area contributed by atoms with Crippen molar-refractivity contribution >= 4 is 33.1 Å². The molecule has 154 valence electrons. The van der Waals surface area contributed by atoms with E-state index in [1.165, 1.54) is 5.56 Å². The molecule has 0 saturated heterocycles. The van der Waals surface area contributed by atoms with Crippen LogP contribution in [0.4, 0.5) is 5.69 Å². The molecule has 2 aromatic heterocycles. The highest BCUT2D eigenvalue weighted by atomic mass is 32.1. The quantitative estimate of drug-likeness (QED) is 0.436. The molecule has 0 unspecified atom stereocenters. The molecule has 4 rings (SSSR count). The molecule has 6 heteroatoms. The fraction of sp³-hybridized carbons (Fsp3) is 0.292. The van der Waals surface area contributed by atoms with Crippen LogP contribution in [-0.2, 0) is 0 Å². The predicted molar refractivity (Wildman–Crippen MR) is 124 cm³/mol. The summed E-state index contributed by atoms with van der Waals surface area (Å²) in [5.74, 6) is 0.343. The standard InChI is InChI=1S/C24H26N4OS/c1-13(2)18-7-9-19(10-8-18)23(29)26-21-14(3)11-20-22(17(21)6)30-24(25-20)28-16(5)12-15(4)27-28/h7-13H,1-6H3,(H,26,29). The lowest BCUT2D eigenvalue weighted by atomic mass is 10.0. The Morgan fingerprint density at radius 1 is 1.07 bits per heavy atom. The van der Waals surface area contributed by atoms with E-state index in [4.69, 9.17) is 4.98 Å². The number of aryl methyl sites for hydroxylation is 4. The molecule has 4 aromatic rings. The number of hydrogen-bond acceptors (Lipinski definition) is 4. The highest BCUT2D eigenvalue weighted by molar-refractivity contribution is 7.21. The molecule has 5 nitrogen and oxygen atoms in total. The van der Waals surface area contributed by atoms with Crippen LogP contribution in [0.5, 0.6) is 0 Å². The van der Waals surface area contributed by atoms with E-state index in [2.05, 4.69) is 24.3 Å². The highest BCUT2D eigenvalue weighted by Crippen LogP contribution is 2.35. The van der Waals surface area contributed by atoms with Crippen molar-refractivity contribution in [2.75, 3.05) is 5.32 Å². The van der Waals surface area contributed by atoms with Gasteiger partial charge in [0, 0.05) is 16.9 Å². The van der Waals surface area contributed by atoms with E-state index in [9.17, 15) is 4.79 Å². The second-order valence-corrected chi connectivity index (χ2v) is 9.09. The Kier molecular flexibility index (Phi) is 5.20. The Bertz CT molecular complexity index is 1250. The number of fused-ring (bicyclic) bond motifs is 1. The average molecular weight is 419 g/mol. The normalized spacial score (nSPS) is 11.4. The van der Waals surface area contributed by atoms with E-state index in [1.54, 1.807) is 11.3 Å². The van der Waals surface area contributed by atoms with E-state index >= 15 is 0 Å². The van der Waals surface area contributed by atoms with Crippen molar-refractivity contribution in [1.82, 2.24) is 14.8 Å². The van der Waals surface area contributed by atoms with Gasteiger partial charge in [0.1, 0.15) is 0 Å². The molecule has 0 saturated carbocycles. The molecular formula is C24H26N4OS. The number of aromatic nitrogens is 3. The van der Waals surface area contributed by atoms with Crippen LogP contribution in [0.1, 0.15) is 58.2 Å². The predicted octanol–water partition coefficient (Wildman–Crippen LogP) is 6.09. The van der Waals surface area contributed by atoms with E-state index in [0.717, 1.165) is 43.6 Å². The van der Waals surface area contributed by atoms with E-state index in [1.807, 2.05) is 68.8 Å². The van der Waals surface area contributed by atoms with Gasteiger partial charge in [-0.1, -0.05) is 37.3 Å². The van der Waals surface area contributed by atoms with Crippen LogP contribution in [0.25, 0.3) is 15.3 Å². The molecule has 0 bridgehead atoms. The molecule has 0 aliphatic carbocycles. The van der Waals surface area contributed by atoms with Gasteiger partial charge in [0.2, 0.25) is 5.13 Å². The van der Waals surface area contributed by atoms with Crippen LogP contribution in [0, 0.1) is 27.7 Å². The second kappa shape index (κ2) is 7.69. The van der Waals surface area contributed by atoms with Crippen LogP contribution in [-0.4, -0.2) is 20.7 Å². The van der Waals surface area contributed by atoms with Gasteiger partial charge >= 0.3 is 0 Å². The number of thiazole rings is 1. The monoisotopic (exact) mass is 418 g/mol. The summed E-state index contributed by atoms with van der Waals surface area (Å²) in [4.78, 5) is 17.7. The number of nitrogens with zero attached hydrogens (tertiary/aromatic N) is 3. The van der Waals surface area contributed by atoms with Gasteiger partial charge in [-0.15, -0.1) is 0 Å². The fourth-order valence-electron chi connectivity index (χ4n) is 3.68. The van der Waals surface area contributed by atoms with E-state index in [0.29, 0.717) is 11.5 Å². The molecule has 2 aromatic carbocycles. The maximum atomic E-state index is 12.9. The zero-order valence-corrected chi connectivity index (χ0v) is 19.0. The lowest BCUT2D eigenvalue weighted by Gasteiger charge is -2.13. The molecule has 1 amide bonds. The maximum Gasteiger partial charge on any atom is 0.255 e. The number of anilines is 1. The lowest BCUT2D eigenvalue weighted by Crippen LogP contribution is -2.14. The number of carbonyl (C=O) groups excluding carboxylic acids is 1. The minimum atomic E-state index is -0.0980. The molecular weight excluding hydrogens is 392 g/mol. The Labute approximate surface area is 180 Å². The van der Waals surface area contributed by atoms with Gasteiger partial charge in [-0.05, 0) is 74.6 Å². The largest absolute Gasteiger partial charge is 0.321 e. The van der Waals surface area contributed by atoms with E-state index in [-0.39, 0.29) is 5.91 Å². The van der Waals surface area contributed by atoms with Crippen LogP contribution in [0.15, 0.2) is 36.4 Å². The van der Waals surface area contributed by atoms with Crippen molar-refractivity contribution < 1.29 is 4.79 Å². The second-order valence-electron chi connectivity index (χ2n) is 8.11. The smallest absolute Gasteiger partial charge is 0.255 e. The number of benzene rings is 2. The van der Waals surface area contributed by atoms with Crippen molar-refractivity contribution in [2.24, 2.45) is 0 Å². The molecule has 0 fully saturated rings. The summed E-state index contributed by atoms with van der Waals surface area (Å²) < 4.78 is 2.94. The van der Waals surface area contributed by atoms with Crippen molar-refractivity contribution in [3.8, 4) is 5.13 Å². The van der Waals surface area contributed by atoms with Crippen LogP contribution >= 0.6 is 11.3 Å². The zero-order valence-electron chi connectivity index (χ0n) is 18.2. The molecule has 1 N–H and O–H groups in total.